The fraction of sp³-hybridized carbons (Fsp3) is 0.533. The normalized spacial score (nSPS) is 18.4. The fourth-order valence-corrected chi connectivity index (χ4v) is 2.54. The number of halogens is 1. The number of benzene rings is 1. The third-order valence-electron chi connectivity index (χ3n) is 3.56. The summed E-state index contributed by atoms with van der Waals surface area (Å²) in [5, 5.41) is 12.8. The van der Waals surface area contributed by atoms with E-state index in [0.29, 0.717) is 24.7 Å². The Hall–Kier alpha value is -1.46. The van der Waals surface area contributed by atoms with Gasteiger partial charge in [0.15, 0.2) is 0 Å². The van der Waals surface area contributed by atoms with E-state index in [-0.39, 0.29) is 18.7 Å². The third-order valence-corrected chi connectivity index (χ3v) is 3.81. The molecule has 0 radical (unpaired) electrons. The molecule has 21 heavy (non-hydrogen) atoms. The number of urea groups is 1. The van der Waals surface area contributed by atoms with Crippen LogP contribution in [0.15, 0.2) is 24.3 Å². The first-order valence-corrected chi connectivity index (χ1v) is 7.62. The second kappa shape index (κ2) is 8.10. The van der Waals surface area contributed by atoms with Gasteiger partial charge in [-0.3, -0.25) is 0 Å². The van der Waals surface area contributed by atoms with E-state index in [1.165, 1.54) is 0 Å². The summed E-state index contributed by atoms with van der Waals surface area (Å²) >= 11 is 5.79. The van der Waals surface area contributed by atoms with E-state index >= 15 is 0 Å². The van der Waals surface area contributed by atoms with Crippen LogP contribution < -0.4 is 10.1 Å². The monoisotopic (exact) mass is 312 g/mol. The number of ether oxygens (including phenoxy) is 1. The summed E-state index contributed by atoms with van der Waals surface area (Å²) < 4.78 is 5.51. The summed E-state index contributed by atoms with van der Waals surface area (Å²) in [6, 6.07) is 6.90. The molecule has 0 bridgehead atoms. The number of nitrogens with zero attached hydrogens (tertiary/aromatic N) is 1. The highest BCUT2D eigenvalue weighted by molar-refractivity contribution is 6.30. The highest BCUT2D eigenvalue weighted by Crippen LogP contribution is 2.17. The van der Waals surface area contributed by atoms with Gasteiger partial charge in [-0.05, 0) is 43.5 Å². The van der Waals surface area contributed by atoms with E-state index in [1.54, 1.807) is 29.2 Å². The number of hydrogen-bond donors (Lipinski definition) is 2. The Kier molecular flexibility index (Phi) is 6.14. The first-order valence-electron chi connectivity index (χ1n) is 7.24. The lowest BCUT2D eigenvalue weighted by molar-refractivity contribution is 0.107. The van der Waals surface area contributed by atoms with Crippen LogP contribution in [0.1, 0.15) is 19.3 Å². The Bertz CT molecular complexity index is 453. The van der Waals surface area contributed by atoms with Crippen molar-refractivity contribution in [3.8, 4) is 5.75 Å². The molecule has 1 aliphatic heterocycles. The summed E-state index contributed by atoms with van der Waals surface area (Å²) in [5.74, 6) is 0.722. The van der Waals surface area contributed by atoms with Gasteiger partial charge < -0.3 is 20.1 Å². The van der Waals surface area contributed by atoms with Crippen LogP contribution in [0.5, 0.6) is 5.75 Å². The lowest BCUT2D eigenvalue weighted by Crippen LogP contribution is -2.50. The summed E-state index contributed by atoms with van der Waals surface area (Å²) in [7, 11) is 0. The van der Waals surface area contributed by atoms with Crippen molar-refractivity contribution in [1.29, 1.82) is 0 Å². The van der Waals surface area contributed by atoms with E-state index < -0.39 is 0 Å². The molecule has 2 amide bonds. The molecule has 2 N–H and O–H groups in total. The van der Waals surface area contributed by atoms with Gasteiger partial charge in [0.25, 0.3) is 0 Å². The van der Waals surface area contributed by atoms with Crippen molar-refractivity contribution in [1.82, 2.24) is 10.2 Å². The Morgan fingerprint density at radius 2 is 2.14 bits per heavy atom. The topological polar surface area (TPSA) is 61.8 Å². The molecule has 1 saturated heterocycles. The molecule has 5 nitrogen and oxygen atoms in total. The van der Waals surface area contributed by atoms with Crippen molar-refractivity contribution in [2.24, 2.45) is 0 Å². The molecular weight excluding hydrogens is 292 g/mol. The molecule has 1 heterocycles. The molecule has 0 unspecified atom stereocenters. The van der Waals surface area contributed by atoms with Gasteiger partial charge in [-0.2, -0.15) is 0 Å². The van der Waals surface area contributed by atoms with Crippen LogP contribution in [0.4, 0.5) is 4.79 Å². The number of aliphatic hydroxyl groups excluding tert-OH is 1. The molecule has 0 aromatic heterocycles. The number of rotatable bonds is 5. The standard InChI is InChI=1S/C15H21ClN2O3/c16-12-4-6-14(7-5-12)21-10-8-17-15(20)18-9-2-1-3-13(18)11-19/h4-7,13,19H,1-3,8-11H2,(H,17,20)/t13-/m1/s1. The SMILES string of the molecule is O=C(NCCOc1ccc(Cl)cc1)N1CCCC[C@@H]1CO. The quantitative estimate of drug-likeness (QED) is 0.820. The largest absolute Gasteiger partial charge is 0.492 e. The van der Waals surface area contributed by atoms with Gasteiger partial charge in [-0.15, -0.1) is 0 Å². The Morgan fingerprint density at radius 3 is 2.86 bits per heavy atom. The molecule has 0 saturated carbocycles. The lowest BCUT2D eigenvalue weighted by Gasteiger charge is -2.34. The summed E-state index contributed by atoms with van der Waals surface area (Å²) in [6.07, 6.45) is 2.92. The van der Waals surface area contributed by atoms with E-state index in [1.807, 2.05) is 0 Å². The number of aliphatic hydroxyl groups is 1. The maximum absolute atomic E-state index is 12.1. The molecule has 1 fully saturated rings. The number of nitrogens with one attached hydrogen (secondary N) is 1. The van der Waals surface area contributed by atoms with Crippen LogP contribution in [0.2, 0.25) is 5.02 Å². The van der Waals surface area contributed by atoms with Crippen molar-refractivity contribution in [3.05, 3.63) is 29.3 Å². The van der Waals surface area contributed by atoms with Gasteiger partial charge in [0.05, 0.1) is 19.2 Å². The maximum Gasteiger partial charge on any atom is 0.317 e. The lowest BCUT2D eigenvalue weighted by atomic mass is 10.0. The van der Waals surface area contributed by atoms with Gasteiger partial charge >= 0.3 is 6.03 Å². The number of carbonyl (C=O) groups is 1. The number of hydrogen-bond acceptors (Lipinski definition) is 3. The predicted molar refractivity (Wildman–Crippen MR) is 81.8 cm³/mol. The zero-order valence-electron chi connectivity index (χ0n) is 11.9. The molecule has 1 aromatic rings. The third kappa shape index (κ3) is 4.79. The highest BCUT2D eigenvalue weighted by Gasteiger charge is 2.25. The van der Waals surface area contributed by atoms with E-state index in [9.17, 15) is 9.90 Å². The molecular formula is C15H21ClN2O3. The predicted octanol–water partition coefficient (Wildman–Crippen LogP) is 2.28. The van der Waals surface area contributed by atoms with Gasteiger partial charge in [0.2, 0.25) is 0 Å². The van der Waals surface area contributed by atoms with Gasteiger partial charge in [0.1, 0.15) is 12.4 Å². The highest BCUT2D eigenvalue weighted by atomic mass is 35.5. The van der Waals surface area contributed by atoms with Crippen LogP contribution in [-0.4, -0.2) is 48.4 Å². The minimum Gasteiger partial charge on any atom is -0.492 e. The van der Waals surface area contributed by atoms with Crippen LogP contribution in [0, 0.1) is 0 Å². The minimum atomic E-state index is -0.131. The van der Waals surface area contributed by atoms with Crippen molar-refractivity contribution >= 4 is 17.6 Å². The Labute approximate surface area is 129 Å². The molecule has 116 valence electrons. The average molecular weight is 313 g/mol. The zero-order chi connectivity index (χ0) is 15.1. The number of likely N-dealkylation sites (tertiary alicyclic amines) is 1. The van der Waals surface area contributed by atoms with Crippen molar-refractivity contribution in [2.75, 3.05) is 26.3 Å². The second-order valence-corrected chi connectivity index (χ2v) is 5.50. The van der Waals surface area contributed by atoms with E-state index in [2.05, 4.69) is 5.32 Å². The molecule has 1 aliphatic rings. The van der Waals surface area contributed by atoms with Crippen molar-refractivity contribution in [2.45, 2.75) is 25.3 Å². The number of amides is 2. The second-order valence-electron chi connectivity index (χ2n) is 5.06. The van der Waals surface area contributed by atoms with Crippen LogP contribution in [0.25, 0.3) is 0 Å². The zero-order valence-corrected chi connectivity index (χ0v) is 12.7. The van der Waals surface area contributed by atoms with Crippen LogP contribution in [-0.2, 0) is 0 Å². The number of piperidine rings is 1. The Morgan fingerprint density at radius 1 is 1.38 bits per heavy atom. The maximum atomic E-state index is 12.1. The van der Waals surface area contributed by atoms with Gasteiger partial charge in [-0.1, -0.05) is 11.6 Å². The van der Waals surface area contributed by atoms with Gasteiger partial charge in [0, 0.05) is 11.6 Å². The molecule has 2 rings (SSSR count). The first kappa shape index (κ1) is 15.9. The first-order chi connectivity index (χ1) is 10.2. The fourth-order valence-electron chi connectivity index (χ4n) is 2.42. The molecule has 0 spiro atoms. The average Bonchev–Trinajstić information content (AvgIpc) is 2.53. The van der Waals surface area contributed by atoms with E-state index in [0.717, 1.165) is 25.0 Å². The molecule has 0 aliphatic carbocycles. The molecule has 1 aromatic carbocycles. The van der Waals surface area contributed by atoms with E-state index in [4.69, 9.17) is 16.3 Å². The summed E-state index contributed by atoms with van der Waals surface area (Å²) in [5.41, 5.74) is 0. The molecule has 6 heteroatoms. The van der Waals surface area contributed by atoms with Crippen LogP contribution >= 0.6 is 11.6 Å². The molecule has 1 atom stereocenters. The summed E-state index contributed by atoms with van der Waals surface area (Å²) in [4.78, 5) is 13.8. The Balaban J connectivity index is 1.70. The minimum absolute atomic E-state index is 0.0225. The van der Waals surface area contributed by atoms with Gasteiger partial charge in [-0.25, -0.2) is 4.79 Å². The van der Waals surface area contributed by atoms with Crippen molar-refractivity contribution < 1.29 is 14.6 Å². The van der Waals surface area contributed by atoms with Crippen molar-refractivity contribution in [3.63, 3.8) is 0 Å². The smallest absolute Gasteiger partial charge is 0.317 e. The number of carbonyl (C=O) groups excluding carboxylic acids is 1. The summed E-state index contributed by atoms with van der Waals surface area (Å²) in [6.45, 7) is 1.55. The van der Waals surface area contributed by atoms with Crippen LogP contribution in [0.3, 0.4) is 0 Å².